The Hall–Kier alpha value is -4.08. The Morgan fingerprint density at radius 3 is 2.50 bits per heavy atom. The van der Waals surface area contributed by atoms with Crippen molar-refractivity contribution < 1.29 is 14.3 Å². The van der Waals surface area contributed by atoms with Crippen LogP contribution in [0.2, 0.25) is 0 Å². The lowest BCUT2D eigenvalue weighted by molar-refractivity contribution is -0.117. The molecule has 0 aliphatic heterocycles. The number of rotatable bonds is 11. The van der Waals surface area contributed by atoms with E-state index < -0.39 is 5.91 Å². The summed E-state index contributed by atoms with van der Waals surface area (Å²) >= 11 is 3.57. The summed E-state index contributed by atoms with van der Waals surface area (Å²) in [7, 11) is 0. The Kier molecular flexibility index (Phi) is 9.55. The minimum absolute atomic E-state index is 0.0253. The maximum Gasteiger partial charge on any atom is 0.261 e. The number of amides is 1. The van der Waals surface area contributed by atoms with E-state index in [2.05, 4.69) is 51.6 Å². The molecule has 4 aromatic rings. The van der Waals surface area contributed by atoms with Crippen LogP contribution in [0.5, 0.6) is 11.5 Å². The minimum Gasteiger partial charge on any atom is -0.490 e. The first kappa shape index (κ1) is 27.0. The molecule has 0 radical (unpaired) electrons. The van der Waals surface area contributed by atoms with Crippen molar-refractivity contribution in [2.45, 2.75) is 26.4 Å². The van der Waals surface area contributed by atoms with E-state index in [1.807, 2.05) is 61.5 Å². The van der Waals surface area contributed by atoms with Gasteiger partial charge in [-0.05, 0) is 65.4 Å². The van der Waals surface area contributed by atoms with Crippen molar-refractivity contribution in [3.05, 3.63) is 112 Å². The highest BCUT2D eigenvalue weighted by molar-refractivity contribution is 9.10. The zero-order valence-corrected chi connectivity index (χ0v) is 22.8. The molecule has 4 rings (SSSR count). The first-order valence-electron chi connectivity index (χ1n) is 12.6. The van der Waals surface area contributed by atoms with Crippen molar-refractivity contribution >= 4 is 38.7 Å². The van der Waals surface area contributed by atoms with Gasteiger partial charge in [0.2, 0.25) is 0 Å². The molecule has 0 aliphatic rings. The lowest BCUT2D eigenvalue weighted by Crippen LogP contribution is -2.25. The van der Waals surface area contributed by atoms with Gasteiger partial charge in [-0.3, -0.25) is 4.79 Å². The average molecular weight is 569 g/mol. The maximum absolute atomic E-state index is 12.7. The number of ether oxygens (including phenoxy) is 2. The molecule has 1 N–H and O–H groups in total. The lowest BCUT2D eigenvalue weighted by atomic mass is 10.1. The van der Waals surface area contributed by atoms with Crippen molar-refractivity contribution in [3.8, 4) is 17.6 Å². The molecule has 5 nitrogen and oxygen atoms in total. The fraction of sp³-hybridized carbons (Fsp3) is 0.188. The lowest BCUT2D eigenvalue weighted by Gasteiger charge is -2.15. The van der Waals surface area contributed by atoms with Gasteiger partial charge in [-0.2, -0.15) is 5.26 Å². The van der Waals surface area contributed by atoms with Gasteiger partial charge in [-0.1, -0.05) is 88.7 Å². The average Bonchev–Trinajstić information content (AvgIpc) is 2.95. The highest BCUT2D eigenvalue weighted by Crippen LogP contribution is 2.36. The van der Waals surface area contributed by atoms with Crippen LogP contribution < -0.4 is 14.8 Å². The van der Waals surface area contributed by atoms with Crippen LogP contribution in [0.1, 0.15) is 30.0 Å². The number of hydrogen-bond donors (Lipinski definition) is 1. The standard InChI is InChI=1S/C32H29BrN2O3/c1-2-37-30-19-26(18-27(21-34)32(36)35-17-9-12-23-10-4-3-5-11-23)29(33)20-31(30)38-22-25-15-8-14-24-13-6-7-16-28(24)25/h3-8,10-11,13-16,18-20H,2,9,12,17,22H2,1H3,(H,35,36)/b27-18-. The van der Waals surface area contributed by atoms with Crippen molar-refractivity contribution in [3.63, 3.8) is 0 Å². The molecule has 0 spiro atoms. The number of benzene rings is 4. The number of halogens is 1. The molecule has 0 atom stereocenters. The van der Waals surface area contributed by atoms with Crippen molar-refractivity contribution in [2.24, 2.45) is 0 Å². The molecule has 0 saturated carbocycles. The summed E-state index contributed by atoms with van der Waals surface area (Å²) in [6.07, 6.45) is 3.21. The van der Waals surface area contributed by atoms with Gasteiger partial charge < -0.3 is 14.8 Å². The Balaban J connectivity index is 1.46. The predicted octanol–water partition coefficient (Wildman–Crippen LogP) is 7.24. The number of aryl methyl sites for hydroxylation is 1. The van der Waals surface area contributed by atoms with E-state index in [9.17, 15) is 10.1 Å². The first-order valence-corrected chi connectivity index (χ1v) is 13.4. The fourth-order valence-electron chi connectivity index (χ4n) is 4.15. The van der Waals surface area contributed by atoms with Crippen molar-refractivity contribution in [1.29, 1.82) is 5.26 Å². The Bertz CT molecular complexity index is 1470. The molecule has 0 unspecified atom stereocenters. The SMILES string of the molecule is CCOc1cc(/C=C(/C#N)C(=O)NCCCc2ccccc2)c(Br)cc1OCc1cccc2ccccc12. The van der Waals surface area contributed by atoms with Crippen LogP contribution in [-0.4, -0.2) is 19.1 Å². The second-order valence-corrected chi connectivity index (χ2v) is 9.55. The second-order valence-electron chi connectivity index (χ2n) is 8.70. The summed E-state index contributed by atoms with van der Waals surface area (Å²) in [5.74, 6) is 0.720. The third-order valence-electron chi connectivity index (χ3n) is 6.06. The van der Waals surface area contributed by atoms with Crippen LogP contribution in [0.4, 0.5) is 0 Å². The molecule has 0 fully saturated rings. The molecule has 0 saturated heterocycles. The van der Waals surface area contributed by atoms with E-state index in [0.29, 0.717) is 41.3 Å². The molecule has 0 bridgehead atoms. The van der Waals surface area contributed by atoms with E-state index in [0.717, 1.165) is 29.2 Å². The normalized spacial score (nSPS) is 11.1. The number of carbonyl (C=O) groups excluding carboxylic acids is 1. The number of carbonyl (C=O) groups is 1. The topological polar surface area (TPSA) is 71.3 Å². The first-order chi connectivity index (χ1) is 18.6. The Morgan fingerprint density at radius 1 is 0.974 bits per heavy atom. The van der Waals surface area contributed by atoms with Crippen LogP contribution in [0.25, 0.3) is 16.8 Å². The summed E-state index contributed by atoms with van der Waals surface area (Å²) < 4.78 is 12.7. The quantitative estimate of drug-likeness (QED) is 0.118. The number of nitrogens with zero attached hydrogens (tertiary/aromatic N) is 1. The Labute approximate surface area is 231 Å². The summed E-state index contributed by atoms with van der Waals surface area (Å²) in [6.45, 7) is 3.20. The highest BCUT2D eigenvalue weighted by atomic mass is 79.9. The summed E-state index contributed by atoms with van der Waals surface area (Å²) in [5, 5.41) is 14.8. The zero-order valence-electron chi connectivity index (χ0n) is 21.2. The highest BCUT2D eigenvalue weighted by Gasteiger charge is 2.14. The smallest absolute Gasteiger partial charge is 0.261 e. The summed E-state index contributed by atoms with van der Waals surface area (Å²) in [4.78, 5) is 12.7. The molecule has 4 aromatic carbocycles. The van der Waals surface area contributed by atoms with Gasteiger partial charge >= 0.3 is 0 Å². The zero-order chi connectivity index (χ0) is 26.7. The molecule has 0 aliphatic carbocycles. The van der Waals surface area contributed by atoms with Gasteiger partial charge in [-0.25, -0.2) is 0 Å². The minimum atomic E-state index is -0.401. The molecule has 38 heavy (non-hydrogen) atoms. The molecule has 192 valence electrons. The second kappa shape index (κ2) is 13.5. The Morgan fingerprint density at radius 2 is 1.71 bits per heavy atom. The summed E-state index contributed by atoms with van der Waals surface area (Å²) in [6, 6.07) is 30.1. The van der Waals surface area contributed by atoms with E-state index in [1.165, 1.54) is 5.56 Å². The molecule has 6 heteroatoms. The van der Waals surface area contributed by atoms with Crippen LogP contribution >= 0.6 is 15.9 Å². The van der Waals surface area contributed by atoms with Crippen LogP contribution in [0, 0.1) is 11.3 Å². The molecular formula is C32H29BrN2O3. The van der Waals surface area contributed by atoms with Crippen molar-refractivity contribution in [2.75, 3.05) is 13.2 Å². The largest absolute Gasteiger partial charge is 0.490 e. The van der Waals surface area contributed by atoms with E-state index in [4.69, 9.17) is 9.47 Å². The molecular weight excluding hydrogens is 540 g/mol. The van der Waals surface area contributed by atoms with Gasteiger partial charge in [0, 0.05) is 11.0 Å². The number of fused-ring (bicyclic) bond motifs is 1. The van der Waals surface area contributed by atoms with Gasteiger partial charge in [0.25, 0.3) is 5.91 Å². The molecule has 1 amide bonds. The number of hydrogen-bond acceptors (Lipinski definition) is 4. The van der Waals surface area contributed by atoms with E-state index in [-0.39, 0.29) is 5.57 Å². The molecule has 0 aromatic heterocycles. The van der Waals surface area contributed by atoms with Crippen LogP contribution in [-0.2, 0) is 17.8 Å². The third-order valence-corrected chi connectivity index (χ3v) is 6.75. The van der Waals surface area contributed by atoms with Crippen LogP contribution in [0.3, 0.4) is 0 Å². The van der Waals surface area contributed by atoms with Gasteiger partial charge in [0.05, 0.1) is 6.61 Å². The van der Waals surface area contributed by atoms with Crippen molar-refractivity contribution in [1.82, 2.24) is 5.32 Å². The monoisotopic (exact) mass is 568 g/mol. The van der Waals surface area contributed by atoms with Gasteiger partial charge in [-0.15, -0.1) is 0 Å². The van der Waals surface area contributed by atoms with Gasteiger partial charge in [0.15, 0.2) is 11.5 Å². The van der Waals surface area contributed by atoms with Gasteiger partial charge in [0.1, 0.15) is 18.2 Å². The van der Waals surface area contributed by atoms with E-state index in [1.54, 1.807) is 12.1 Å². The fourth-order valence-corrected chi connectivity index (χ4v) is 4.59. The number of nitrogens with one attached hydrogen (secondary N) is 1. The predicted molar refractivity (Wildman–Crippen MR) is 155 cm³/mol. The summed E-state index contributed by atoms with van der Waals surface area (Å²) in [5.41, 5.74) is 2.97. The number of nitriles is 1. The van der Waals surface area contributed by atoms with E-state index >= 15 is 0 Å². The third kappa shape index (κ3) is 7.02. The maximum atomic E-state index is 12.7. The van der Waals surface area contributed by atoms with Crippen LogP contribution in [0.15, 0.2) is 95.0 Å². The molecule has 0 heterocycles.